The Morgan fingerprint density at radius 3 is 2.90 bits per heavy atom. The summed E-state index contributed by atoms with van der Waals surface area (Å²) >= 11 is 0. The molecule has 0 bridgehead atoms. The van der Waals surface area contributed by atoms with Gasteiger partial charge in [-0.1, -0.05) is 11.8 Å². The van der Waals surface area contributed by atoms with Crippen LogP contribution in [-0.4, -0.2) is 22.6 Å². The van der Waals surface area contributed by atoms with Crippen molar-refractivity contribution in [1.82, 2.24) is 4.98 Å². The predicted molar refractivity (Wildman–Crippen MR) is 77.3 cm³/mol. The molecule has 4 nitrogen and oxygen atoms in total. The number of anilines is 1. The SMILES string of the molecule is Cc1cc(NC(=O)c2ccncc2F)ccc1C#CCO. The number of carbonyl (C=O) groups excluding carboxylic acids is 1. The summed E-state index contributed by atoms with van der Waals surface area (Å²) < 4.78 is 13.5. The highest BCUT2D eigenvalue weighted by Crippen LogP contribution is 2.16. The lowest BCUT2D eigenvalue weighted by molar-refractivity contribution is 0.102. The lowest BCUT2D eigenvalue weighted by atomic mass is 10.1. The van der Waals surface area contributed by atoms with E-state index in [1.54, 1.807) is 18.2 Å². The molecule has 2 rings (SSSR count). The predicted octanol–water partition coefficient (Wildman–Crippen LogP) is 2.13. The van der Waals surface area contributed by atoms with E-state index in [-0.39, 0.29) is 12.2 Å². The van der Waals surface area contributed by atoms with Crippen molar-refractivity contribution in [2.75, 3.05) is 11.9 Å². The van der Waals surface area contributed by atoms with E-state index in [9.17, 15) is 9.18 Å². The molecule has 0 aliphatic heterocycles. The molecule has 0 aliphatic rings. The molecule has 0 radical (unpaired) electrons. The number of pyridine rings is 1. The van der Waals surface area contributed by atoms with Gasteiger partial charge >= 0.3 is 0 Å². The van der Waals surface area contributed by atoms with Gasteiger partial charge in [0, 0.05) is 17.4 Å². The van der Waals surface area contributed by atoms with Crippen LogP contribution in [0.2, 0.25) is 0 Å². The molecule has 0 aliphatic carbocycles. The molecule has 1 aromatic carbocycles. The smallest absolute Gasteiger partial charge is 0.258 e. The second kappa shape index (κ2) is 6.64. The minimum Gasteiger partial charge on any atom is -0.384 e. The molecule has 0 spiro atoms. The van der Waals surface area contributed by atoms with Gasteiger partial charge in [0.1, 0.15) is 6.61 Å². The molecular formula is C16H13FN2O2. The average Bonchev–Trinajstić information content (AvgIpc) is 2.47. The Labute approximate surface area is 121 Å². The summed E-state index contributed by atoms with van der Waals surface area (Å²) in [7, 11) is 0. The maximum atomic E-state index is 13.5. The Hall–Kier alpha value is -2.71. The molecule has 5 heteroatoms. The zero-order chi connectivity index (χ0) is 15.2. The lowest BCUT2D eigenvalue weighted by Gasteiger charge is -2.07. The van der Waals surface area contributed by atoms with Crippen LogP contribution < -0.4 is 5.32 Å². The van der Waals surface area contributed by atoms with Gasteiger partial charge in [0.15, 0.2) is 5.82 Å². The summed E-state index contributed by atoms with van der Waals surface area (Å²) in [5.41, 5.74) is 2.09. The van der Waals surface area contributed by atoms with E-state index in [0.29, 0.717) is 5.69 Å². The first-order valence-corrected chi connectivity index (χ1v) is 6.23. The highest BCUT2D eigenvalue weighted by Gasteiger charge is 2.11. The molecule has 0 saturated heterocycles. The highest BCUT2D eigenvalue weighted by molar-refractivity contribution is 6.04. The zero-order valence-electron chi connectivity index (χ0n) is 11.4. The normalized spacial score (nSPS) is 9.67. The third-order valence-corrected chi connectivity index (χ3v) is 2.80. The number of hydrogen-bond acceptors (Lipinski definition) is 3. The first-order valence-electron chi connectivity index (χ1n) is 6.23. The molecule has 0 fully saturated rings. The topological polar surface area (TPSA) is 62.2 Å². The molecule has 1 aromatic heterocycles. The summed E-state index contributed by atoms with van der Waals surface area (Å²) in [4.78, 5) is 15.6. The number of aryl methyl sites for hydroxylation is 1. The van der Waals surface area contributed by atoms with Crippen LogP contribution in [0, 0.1) is 24.6 Å². The van der Waals surface area contributed by atoms with Crippen molar-refractivity contribution in [3.05, 3.63) is 59.2 Å². The van der Waals surface area contributed by atoms with Gasteiger partial charge in [-0.3, -0.25) is 9.78 Å². The summed E-state index contributed by atoms with van der Waals surface area (Å²) in [6, 6.07) is 6.46. The van der Waals surface area contributed by atoms with E-state index >= 15 is 0 Å². The van der Waals surface area contributed by atoms with Crippen LogP contribution in [0.15, 0.2) is 36.7 Å². The van der Waals surface area contributed by atoms with Gasteiger partial charge in [-0.2, -0.15) is 0 Å². The summed E-state index contributed by atoms with van der Waals surface area (Å²) in [6.45, 7) is 1.63. The second-order valence-corrected chi connectivity index (χ2v) is 4.30. The fourth-order valence-electron chi connectivity index (χ4n) is 1.77. The first kappa shape index (κ1) is 14.7. The third kappa shape index (κ3) is 3.65. The standard InChI is InChI=1S/C16H13FN2O2/c1-11-9-13(5-4-12(11)3-2-8-20)19-16(21)14-6-7-18-10-15(14)17/h4-7,9-10,20H,8H2,1H3,(H,19,21). The summed E-state index contributed by atoms with van der Waals surface area (Å²) in [5, 5.41) is 11.3. The monoisotopic (exact) mass is 284 g/mol. The van der Waals surface area contributed by atoms with E-state index < -0.39 is 11.7 Å². The van der Waals surface area contributed by atoms with Gasteiger partial charge < -0.3 is 10.4 Å². The molecular weight excluding hydrogens is 271 g/mol. The van der Waals surface area contributed by atoms with Gasteiger partial charge in [-0.15, -0.1) is 0 Å². The fourth-order valence-corrected chi connectivity index (χ4v) is 1.77. The number of rotatable bonds is 2. The Balaban J connectivity index is 2.19. The van der Waals surface area contributed by atoms with Crippen molar-refractivity contribution in [3.63, 3.8) is 0 Å². The Morgan fingerprint density at radius 2 is 2.24 bits per heavy atom. The van der Waals surface area contributed by atoms with Crippen molar-refractivity contribution in [2.45, 2.75) is 6.92 Å². The van der Waals surface area contributed by atoms with Crippen LogP contribution in [0.5, 0.6) is 0 Å². The third-order valence-electron chi connectivity index (χ3n) is 2.80. The first-order chi connectivity index (χ1) is 10.1. The molecule has 21 heavy (non-hydrogen) atoms. The Bertz CT molecular complexity index is 733. The van der Waals surface area contributed by atoms with Crippen LogP contribution in [0.1, 0.15) is 21.5 Å². The van der Waals surface area contributed by atoms with Crippen LogP contribution in [-0.2, 0) is 0 Å². The van der Waals surface area contributed by atoms with Gasteiger partial charge in [-0.05, 0) is 36.8 Å². The van der Waals surface area contributed by atoms with Crippen LogP contribution in [0.25, 0.3) is 0 Å². The number of aliphatic hydroxyl groups is 1. The van der Waals surface area contributed by atoms with Crippen molar-refractivity contribution in [3.8, 4) is 11.8 Å². The minimum absolute atomic E-state index is 0.0631. The summed E-state index contributed by atoms with van der Waals surface area (Å²) in [5.74, 6) is 4.16. The number of carbonyl (C=O) groups is 1. The fraction of sp³-hybridized carbons (Fsp3) is 0.125. The number of nitrogens with one attached hydrogen (secondary N) is 1. The van der Waals surface area contributed by atoms with Crippen molar-refractivity contribution < 1.29 is 14.3 Å². The molecule has 1 heterocycles. The number of hydrogen-bond donors (Lipinski definition) is 2. The quantitative estimate of drug-likeness (QED) is 0.830. The van der Waals surface area contributed by atoms with E-state index in [1.165, 1.54) is 12.3 Å². The van der Waals surface area contributed by atoms with Crippen LogP contribution in [0.4, 0.5) is 10.1 Å². The number of aromatic nitrogens is 1. The second-order valence-electron chi connectivity index (χ2n) is 4.30. The molecule has 1 amide bonds. The van der Waals surface area contributed by atoms with E-state index in [2.05, 4.69) is 22.1 Å². The largest absolute Gasteiger partial charge is 0.384 e. The summed E-state index contributed by atoms with van der Waals surface area (Å²) in [6.07, 6.45) is 2.35. The maximum Gasteiger partial charge on any atom is 0.258 e. The van der Waals surface area contributed by atoms with Crippen molar-refractivity contribution >= 4 is 11.6 Å². The van der Waals surface area contributed by atoms with Gasteiger partial charge in [0.2, 0.25) is 0 Å². The van der Waals surface area contributed by atoms with Crippen molar-refractivity contribution in [2.24, 2.45) is 0 Å². The van der Waals surface area contributed by atoms with E-state index in [0.717, 1.165) is 17.3 Å². The maximum absolute atomic E-state index is 13.5. The molecule has 2 N–H and O–H groups in total. The van der Waals surface area contributed by atoms with Gasteiger partial charge in [0.05, 0.1) is 11.8 Å². The molecule has 0 atom stereocenters. The van der Waals surface area contributed by atoms with Gasteiger partial charge in [0.25, 0.3) is 5.91 Å². The Kier molecular flexibility index (Phi) is 4.64. The Morgan fingerprint density at radius 1 is 1.43 bits per heavy atom. The zero-order valence-corrected chi connectivity index (χ0v) is 11.4. The van der Waals surface area contributed by atoms with Crippen LogP contribution >= 0.6 is 0 Å². The lowest BCUT2D eigenvalue weighted by Crippen LogP contribution is -2.14. The molecule has 106 valence electrons. The number of nitrogens with zero attached hydrogens (tertiary/aromatic N) is 1. The van der Waals surface area contributed by atoms with Gasteiger partial charge in [-0.25, -0.2) is 4.39 Å². The van der Waals surface area contributed by atoms with E-state index in [4.69, 9.17) is 5.11 Å². The average molecular weight is 284 g/mol. The molecule has 2 aromatic rings. The van der Waals surface area contributed by atoms with Crippen LogP contribution in [0.3, 0.4) is 0 Å². The van der Waals surface area contributed by atoms with Crippen molar-refractivity contribution in [1.29, 1.82) is 0 Å². The number of amides is 1. The number of benzene rings is 1. The minimum atomic E-state index is -0.669. The molecule has 0 saturated carbocycles. The molecule has 0 unspecified atom stereocenters. The number of halogens is 1. The number of aliphatic hydroxyl groups excluding tert-OH is 1. The highest BCUT2D eigenvalue weighted by atomic mass is 19.1. The van der Waals surface area contributed by atoms with E-state index in [1.807, 2.05) is 6.92 Å².